The van der Waals surface area contributed by atoms with Gasteiger partial charge in [-0.2, -0.15) is 0 Å². The maximum absolute atomic E-state index is 13.8. The Balaban J connectivity index is 1.62. The number of Topliss-reactive ketones (excluding diaryl/α,β-unsaturated/α-hetero) is 2. The van der Waals surface area contributed by atoms with Crippen molar-refractivity contribution in [3.8, 4) is 0 Å². The smallest absolute Gasteiger partial charge is 0.310 e. The van der Waals surface area contributed by atoms with Crippen LogP contribution in [0.1, 0.15) is 79.6 Å². The zero-order valence-electron chi connectivity index (χ0n) is 21.3. The predicted molar refractivity (Wildman–Crippen MR) is 131 cm³/mol. The van der Waals surface area contributed by atoms with E-state index < -0.39 is 18.0 Å². The minimum absolute atomic E-state index is 0.00904. The fourth-order valence-electron chi connectivity index (χ4n) is 7.83. The summed E-state index contributed by atoms with van der Waals surface area (Å²) in [7, 11) is 0. The number of ketones is 2. The van der Waals surface area contributed by atoms with Crippen molar-refractivity contribution in [2.24, 2.45) is 40.4 Å². The molecule has 2 N–H and O–H groups in total. The summed E-state index contributed by atoms with van der Waals surface area (Å²) >= 11 is 0. The van der Waals surface area contributed by atoms with E-state index in [1.54, 1.807) is 6.92 Å². The summed E-state index contributed by atoms with van der Waals surface area (Å²) in [5.41, 5.74) is 2.87. The van der Waals surface area contributed by atoms with Crippen molar-refractivity contribution in [1.82, 2.24) is 0 Å². The lowest BCUT2D eigenvalue weighted by Gasteiger charge is -2.54. The van der Waals surface area contributed by atoms with Crippen molar-refractivity contribution in [2.75, 3.05) is 0 Å². The molecule has 0 unspecified atom stereocenters. The number of carboxylic acid groups (broad SMARTS) is 1. The third-order valence-corrected chi connectivity index (χ3v) is 10.2. The van der Waals surface area contributed by atoms with Crippen LogP contribution in [0.4, 0.5) is 0 Å². The predicted octanol–water partition coefficient (Wildman–Crippen LogP) is 5.29. The van der Waals surface area contributed by atoms with Crippen LogP contribution in [0.25, 0.3) is 0 Å². The van der Waals surface area contributed by atoms with Gasteiger partial charge in [0.2, 0.25) is 0 Å². The number of allylic oxidation sites excluding steroid dienone is 2. The number of aliphatic carboxylic acids is 1. The SMILES string of the molecule is C=C(CC[C@@H](C)[C@H]1CC=C2C3=C(C(=O)C[C@@]21C)[C@@]1(C)CCC(=O)[C@@H](C)[C@@H]1C[C@@H]3O)[C@@H](C)C(=O)O. The first-order chi connectivity index (χ1) is 15.8. The average Bonchev–Trinajstić information content (AvgIpc) is 3.11. The van der Waals surface area contributed by atoms with Gasteiger partial charge in [0.05, 0.1) is 12.0 Å². The van der Waals surface area contributed by atoms with Crippen LogP contribution in [-0.2, 0) is 14.4 Å². The monoisotopic (exact) mass is 468 g/mol. The van der Waals surface area contributed by atoms with Gasteiger partial charge in [-0.15, -0.1) is 0 Å². The first-order valence-corrected chi connectivity index (χ1v) is 12.9. The molecule has 0 bridgehead atoms. The molecular formula is C29H40O5. The molecule has 0 saturated heterocycles. The number of carboxylic acids is 1. The van der Waals surface area contributed by atoms with E-state index in [1.165, 1.54) is 0 Å². The number of hydrogen-bond acceptors (Lipinski definition) is 4. The van der Waals surface area contributed by atoms with Crippen molar-refractivity contribution in [1.29, 1.82) is 0 Å². The summed E-state index contributed by atoms with van der Waals surface area (Å²) in [6, 6.07) is 0. The maximum Gasteiger partial charge on any atom is 0.310 e. The Hall–Kier alpha value is -2.01. The minimum atomic E-state index is -0.844. The molecular weight excluding hydrogens is 428 g/mol. The van der Waals surface area contributed by atoms with Crippen LogP contribution in [0.3, 0.4) is 0 Å². The van der Waals surface area contributed by atoms with E-state index in [0.717, 1.165) is 35.1 Å². The molecule has 0 amide bonds. The normalized spacial score (nSPS) is 39.1. The Morgan fingerprint density at radius 1 is 1.24 bits per heavy atom. The third kappa shape index (κ3) is 3.66. The number of carbonyl (C=O) groups is 3. The van der Waals surface area contributed by atoms with E-state index in [1.807, 2.05) is 6.92 Å². The Morgan fingerprint density at radius 2 is 1.91 bits per heavy atom. The van der Waals surface area contributed by atoms with Gasteiger partial charge in [0.25, 0.3) is 0 Å². The van der Waals surface area contributed by atoms with E-state index in [2.05, 4.69) is 33.4 Å². The van der Waals surface area contributed by atoms with E-state index in [4.69, 9.17) is 0 Å². The lowest BCUT2D eigenvalue weighted by Crippen LogP contribution is -2.52. The zero-order valence-corrected chi connectivity index (χ0v) is 21.3. The first kappa shape index (κ1) is 25.1. The van der Waals surface area contributed by atoms with Crippen LogP contribution in [0.2, 0.25) is 0 Å². The molecule has 5 heteroatoms. The fraction of sp³-hybridized carbons (Fsp3) is 0.690. The standard InChI is InChI=1S/C29H40O5/c1-15(17(3)27(33)34)7-8-16(2)19-9-10-20-25-23(31)13-21-18(4)22(30)11-12-28(21,5)26(25)24(32)14-29(19,20)6/h10,16-19,21,23,31H,1,7-9,11-14H2,2-6H3,(H,33,34)/t16-,17-,18+,19-,21+,23+,28+,29-/m1/s1. The lowest BCUT2D eigenvalue weighted by molar-refractivity contribution is -0.140. The molecule has 0 aliphatic heterocycles. The maximum atomic E-state index is 13.8. The number of aliphatic hydroxyl groups excluding tert-OH is 1. The largest absolute Gasteiger partial charge is 0.481 e. The van der Waals surface area contributed by atoms with Crippen molar-refractivity contribution >= 4 is 17.5 Å². The van der Waals surface area contributed by atoms with Gasteiger partial charge in [-0.3, -0.25) is 14.4 Å². The summed E-state index contributed by atoms with van der Waals surface area (Å²) in [6.07, 6.45) is 6.07. The molecule has 0 radical (unpaired) electrons. The second-order valence-electron chi connectivity index (χ2n) is 12.0. The van der Waals surface area contributed by atoms with Crippen molar-refractivity contribution in [3.63, 3.8) is 0 Å². The number of carbonyl (C=O) groups excluding carboxylic acids is 2. The second-order valence-corrected chi connectivity index (χ2v) is 12.0. The van der Waals surface area contributed by atoms with Gasteiger partial charge >= 0.3 is 5.97 Å². The van der Waals surface area contributed by atoms with Crippen LogP contribution in [0, 0.1) is 40.4 Å². The molecule has 34 heavy (non-hydrogen) atoms. The number of rotatable bonds is 6. The highest BCUT2D eigenvalue weighted by Gasteiger charge is 2.59. The zero-order chi connectivity index (χ0) is 25.2. The summed E-state index contributed by atoms with van der Waals surface area (Å²) in [5, 5.41) is 20.6. The van der Waals surface area contributed by atoms with Gasteiger partial charge in [0.1, 0.15) is 5.78 Å². The molecule has 0 aromatic carbocycles. The molecule has 4 rings (SSSR count). The molecule has 0 heterocycles. The van der Waals surface area contributed by atoms with Crippen molar-refractivity contribution < 1.29 is 24.6 Å². The third-order valence-electron chi connectivity index (χ3n) is 10.2. The summed E-state index contributed by atoms with van der Waals surface area (Å²) in [6.45, 7) is 14.2. The van der Waals surface area contributed by atoms with Gasteiger partial charge in [-0.1, -0.05) is 45.9 Å². The van der Waals surface area contributed by atoms with Crippen molar-refractivity contribution in [3.05, 3.63) is 34.9 Å². The topological polar surface area (TPSA) is 91.7 Å². The Morgan fingerprint density at radius 3 is 2.56 bits per heavy atom. The summed E-state index contributed by atoms with van der Waals surface area (Å²) < 4.78 is 0. The average molecular weight is 469 g/mol. The number of fused-ring (bicyclic) bond motifs is 4. The van der Waals surface area contributed by atoms with E-state index in [-0.39, 0.29) is 40.2 Å². The fourth-order valence-corrected chi connectivity index (χ4v) is 7.83. The van der Waals surface area contributed by atoms with Crippen LogP contribution in [0.5, 0.6) is 0 Å². The number of aliphatic hydroxyl groups is 1. The summed E-state index contributed by atoms with van der Waals surface area (Å²) in [4.78, 5) is 37.5. The molecule has 186 valence electrons. The van der Waals surface area contributed by atoms with Gasteiger partial charge in [0, 0.05) is 35.2 Å². The minimum Gasteiger partial charge on any atom is -0.481 e. The van der Waals surface area contributed by atoms with E-state index in [9.17, 15) is 24.6 Å². The highest BCUT2D eigenvalue weighted by molar-refractivity contribution is 6.02. The van der Waals surface area contributed by atoms with Gasteiger partial charge < -0.3 is 10.2 Å². The quantitative estimate of drug-likeness (QED) is 0.517. The molecule has 4 aliphatic carbocycles. The van der Waals surface area contributed by atoms with E-state index in [0.29, 0.717) is 38.0 Å². The van der Waals surface area contributed by atoms with Crippen LogP contribution in [-0.4, -0.2) is 33.9 Å². The number of hydrogen-bond donors (Lipinski definition) is 2. The Labute approximate surface area is 203 Å². The molecule has 1 fully saturated rings. The van der Waals surface area contributed by atoms with Crippen LogP contribution >= 0.6 is 0 Å². The van der Waals surface area contributed by atoms with E-state index >= 15 is 0 Å². The lowest BCUT2D eigenvalue weighted by atomic mass is 9.49. The molecule has 1 saturated carbocycles. The molecule has 4 aliphatic rings. The highest BCUT2D eigenvalue weighted by atomic mass is 16.4. The summed E-state index contributed by atoms with van der Waals surface area (Å²) in [5.74, 6) is -0.570. The van der Waals surface area contributed by atoms with Crippen LogP contribution < -0.4 is 0 Å². The first-order valence-electron chi connectivity index (χ1n) is 12.9. The Bertz CT molecular complexity index is 1000. The highest BCUT2D eigenvalue weighted by Crippen LogP contribution is 2.63. The van der Waals surface area contributed by atoms with Crippen molar-refractivity contribution in [2.45, 2.75) is 85.7 Å². The van der Waals surface area contributed by atoms with Gasteiger partial charge in [0.15, 0.2) is 5.78 Å². The molecule has 0 aromatic heterocycles. The molecule has 0 aromatic rings. The molecule has 5 nitrogen and oxygen atoms in total. The van der Waals surface area contributed by atoms with Gasteiger partial charge in [-0.25, -0.2) is 0 Å². The molecule has 8 atom stereocenters. The molecule has 0 spiro atoms. The van der Waals surface area contributed by atoms with Gasteiger partial charge in [-0.05, 0) is 67.9 Å². The second kappa shape index (κ2) is 8.58. The van der Waals surface area contributed by atoms with Crippen LogP contribution in [0.15, 0.2) is 34.9 Å². The Kier molecular flexibility index (Phi) is 6.33.